The molecule has 6 nitrogen and oxygen atoms in total. The van der Waals surface area contributed by atoms with E-state index in [-0.39, 0.29) is 5.92 Å². The third-order valence-corrected chi connectivity index (χ3v) is 6.16. The Labute approximate surface area is 127 Å². The number of nitrogens with zero attached hydrogens (tertiary/aromatic N) is 1. The first kappa shape index (κ1) is 16.7. The molecule has 0 radical (unpaired) electrons. The van der Waals surface area contributed by atoms with Gasteiger partial charge in [-0.3, -0.25) is 4.79 Å². The number of carbonyl (C=O) groups is 1. The maximum atomic E-state index is 12.4. The number of carboxylic acid groups (broad SMARTS) is 1. The Bertz CT molecular complexity index is 438. The quantitative estimate of drug-likeness (QED) is 0.808. The van der Waals surface area contributed by atoms with Crippen LogP contribution in [0.4, 0.5) is 0 Å². The minimum absolute atomic E-state index is 0.0852. The molecule has 1 saturated heterocycles. The second-order valence-electron chi connectivity index (χ2n) is 6.15. The van der Waals surface area contributed by atoms with Gasteiger partial charge >= 0.3 is 5.97 Å². The molecule has 122 valence electrons. The molecule has 7 heteroatoms. The number of nitrogens with one attached hydrogen (secondary N) is 1. The number of hydrogen-bond acceptors (Lipinski definition) is 3. The van der Waals surface area contributed by atoms with Crippen LogP contribution in [0.5, 0.6) is 0 Å². The first-order valence-electron chi connectivity index (χ1n) is 8.01. The van der Waals surface area contributed by atoms with E-state index in [1.54, 1.807) is 0 Å². The molecule has 2 fully saturated rings. The topological polar surface area (TPSA) is 86.7 Å². The highest BCUT2D eigenvalue weighted by atomic mass is 32.2. The van der Waals surface area contributed by atoms with E-state index in [0.29, 0.717) is 13.1 Å². The van der Waals surface area contributed by atoms with Crippen molar-refractivity contribution in [3.8, 4) is 0 Å². The largest absolute Gasteiger partial charge is 0.480 e. The van der Waals surface area contributed by atoms with Gasteiger partial charge in [0, 0.05) is 13.1 Å². The molecular weight excluding hydrogens is 292 g/mol. The van der Waals surface area contributed by atoms with Crippen LogP contribution in [0.1, 0.15) is 57.8 Å². The minimum atomic E-state index is -3.70. The molecule has 2 aliphatic rings. The van der Waals surface area contributed by atoms with Gasteiger partial charge in [-0.05, 0) is 31.6 Å². The summed E-state index contributed by atoms with van der Waals surface area (Å²) in [6.45, 7) is 0.985. The highest BCUT2D eigenvalue weighted by Gasteiger charge is 2.35. The van der Waals surface area contributed by atoms with E-state index >= 15 is 0 Å². The van der Waals surface area contributed by atoms with Gasteiger partial charge in [0.2, 0.25) is 0 Å². The summed E-state index contributed by atoms with van der Waals surface area (Å²) in [5.41, 5.74) is 0. The third kappa shape index (κ3) is 4.66. The van der Waals surface area contributed by atoms with Crippen LogP contribution < -0.4 is 4.72 Å². The molecule has 1 aliphatic heterocycles. The summed E-state index contributed by atoms with van der Waals surface area (Å²) in [5.74, 6) is -1.14. The maximum absolute atomic E-state index is 12.4. The van der Waals surface area contributed by atoms with Crippen molar-refractivity contribution in [3.05, 3.63) is 0 Å². The Morgan fingerprint density at radius 3 is 2.05 bits per heavy atom. The van der Waals surface area contributed by atoms with Crippen LogP contribution in [0, 0.1) is 5.92 Å². The van der Waals surface area contributed by atoms with Crippen LogP contribution in [0.15, 0.2) is 0 Å². The molecule has 0 bridgehead atoms. The zero-order valence-electron chi connectivity index (χ0n) is 12.5. The summed E-state index contributed by atoms with van der Waals surface area (Å²) in [6, 6.07) is -0.987. The van der Waals surface area contributed by atoms with Crippen molar-refractivity contribution in [3.63, 3.8) is 0 Å². The summed E-state index contributed by atoms with van der Waals surface area (Å²) in [5, 5.41) is 9.40. The molecule has 0 spiro atoms. The molecule has 2 N–H and O–H groups in total. The van der Waals surface area contributed by atoms with Crippen molar-refractivity contribution < 1.29 is 18.3 Å². The fraction of sp³-hybridized carbons (Fsp3) is 0.929. The molecule has 0 amide bonds. The van der Waals surface area contributed by atoms with Crippen molar-refractivity contribution in [1.29, 1.82) is 0 Å². The number of aliphatic carboxylic acids is 1. The van der Waals surface area contributed by atoms with E-state index < -0.39 is 22.2 Å². The fourth-order valence-electron chi connectivity index (χ4n) is 3.33. The van der Waals surface area contributed by atoms with Crippen LogP contribution in [0.2, 0.25) is 0 Å². The van der Waals surface area contributed by atoms with Crippen LogP contribution in [-0.2, 0) is 15.0 Å². The Morgan fingerprint density at radius 1 is 1.00 bits per heavy atom. The minimum Gasteiger partial charge on any atom is -0.480 e. The summed E-state index contributed by atoms with van der Waals surface area (Å²) >= 11 is 0. The lowest BCUT2D eigenvalue weighted by atomic mass is 9.84. The number of hydrogen-bond donors (Lipinski definition) is 2. The molecule has 1 unspecified atom stereocenters. The molecule has 0 aromatic carbocycles. The first-order chi connectivity index (χ1) is 10.0. The average molecular weight is 318 g/mol. The van der Waals surface area contributed by atoms with Gasteiger partial charge in [0.05, 0.1) is 0 Å². The van der Waals surface area contributed by atoms with E-state index in [1.165, 1.54) is 4.31 Å². The molecule has 21 heavy (non-hydrogen) atoms. The lowest BCUT2D eigenvalue weighted by Crippen LogP contribution is -2.51. The van der Waals surface area contributed by atoms with Crippen molar-refractivity contribution in [2.24, 2.45) is 5.92 Å². The van der Waals surface area contributed by atoms with Crippen molar-refractivity contribution in [1.82, 2.24) is 9.03 Å². The summed E-state index contributed by atoms with van der Waals surface area (Å²) in [6.07, 6.45) is 8.44. The number of carboxylic acids is 1. The monoisotopic (exact) mass is 318 g/mol. The molecule has 0 aromatic rings. The van der Waals surface area contributed by atoms with Crippen LogP contribution in [0.25, 0.3) is 0 Å². The molecule has 1 aliphatic carbocycles. The average Bonchev–Trinajstić information content (AvgIpc) is 2.75. The highest BCUT2D eigenvalue weighted by molar-refractivity contribution is 7.87. The predicted molar refractivity (Wildman–Crippen MR) is 80.1 cm³/mol. The van der Waals surface area contributed by atoms with Gasteiger partial charge in [-0.25, -0.2) is 0 Å². The lowest BCUT2D eigenvalue weighted by molar-refractivity contribution is -0.140. The zero-order valence-corrected chi connectivity index (χ0v) is 13.3. The molecule has 1 heterocycles. The summed E-state index contributed by atoms with van der Waals surface area (Å²) < 4.78 is 28.8. The van der Waals surface area contributed by atoms with Crippen molar-refractivity contribution in [2.75, 3.05) is 13.1 Å². The van der Waals surface area contributed by atoms with Crippen molar-refractivity contribution >= 4 is 16.2 Å². The van der Waals surface area contributed by atoms with Crippen LogP contribution in [0.3, 0.4) is 0 Å². The van der Waals surface area contributed by atoms with Gasteiger partial charge in [0.25, 0.3) is 10.2 Å². The van der Waals surface area contributed by atoms with E-state index in [4.69, 9.17) is 0 Å². The SMILES string of the molecule is O=C(O)C(NS(=O)(=O)N1CCCCCC1)C1CCCCC1. The van der Waals surface area contributed by atoms with Gasteiger partial charge in [0.1, 0.15) is 6.04 Å². The Kier molecular flexibility index (Phi) is 6.01. The third-order valence-electron chi connectivity index (χ3n) is 4.57. The Balaban J connectivity index is 2.05. The molecular formula is C14H26N2O4S. The van der Waals surface area contributed by atoms with E-state index in [2.05, 4.69) is 4.72 Å². The summed E-state index contributed by atoms with van der Waals surface area (Å²) in [4.78, 5) is 11.5. The molecule has 1 atom stereocenters. The molecule has 2 rings (SSSR count). The first-order valence-corrected chi connectivity index (χ1v) is 9.45. The fourth-order valence-corrected chi connectivity index (χ4v) is 4.83. The summed E-state index contributed by atoms with van der Waals surface area (Å²) in [7, 11) is -3.70. The van der Waals surface area contributed by atoms with Crippen LogP contribution >= 0.6 is 0 Å². The van der Waals surface area contributed by atoms with Gasteiger partial charge in [0.15, 0.2) is 0 Å². The predicted octanol–water partition coefficient (Wildman–Crippen LogP) is 1.73. The molecule has 0 aromatic heterocycles. The van der Waals surface area contributed by atoms with E-state index in [1.807, 2.05) is 0 Å². The highest BCUT2D eigenvalue weighted by Crippen LogP contribution is 2.27. The van der Waals surface area contributed by atoms with Crippen molar-refractivity contribution in [2.45, 2.75) is 63.8 Å². The number of rotatable bonds is 5. The second kappa shape index (κ2) is 7.56. The standard InChI is InChI=1S/C14H26N2O4S/c17-14(18)13(12-8-4-3-5-9-12)15-21(19,20)16-10-6-1-2-7-11-16/h12-13,15H,1-11H2,(H,17,18). The van der Waals surface area contributed by atoms with Gasteiger partial charge in [-0.15, -0.1) is 0 Å². The van der Waals surface area contributed by atoms with E-state index in [9.17, 15) is 18.3 Å². The second-order valence-corrected chi connectivity index (χ2v) is 7.85. The van der Waals surface area contributed by atoms with Gasteiger partial charge in [-0.2, -0.15) is 17.4 Å². The van der Waals surface area contributed by atoms with Gasteiger partial charge < -0.3 is 5.11 Å². The molecule has 1 saturated carbocycles. The van der Waals surface area contributed by atoms with Crippen LogP contribution in [-0.4, -0.2) is 42.9 Å². The zero-order chi connectivity index (χ0) is 15.3. The maximum Gasteiger partial charge on any atom is 0.322 e. The lowest BCUT2D eigenvalue weighted by Gasteiger charge is -2.30. The smallest absolute Gasteiger partial charge is 0.322 e. The Hall–Kier alpha value is -0.660. The Morgan fingerprint density at radius 2 is 1.52 bits per heavy atom. The normalized spacial score (nSPS) is 24.4. The van der Waals surface area contributed by atoms with Gasteiger partial charge in [-0.1, -0.05) is 32.1 Å². The van der Waals surface area contributed by atoms with E-state index in [0.717, 1.165) is 57.8 Å².